The van der Waals surface area contributed by atoms with Crippen molar-refractivity contribution in [2.24, 2.45) is 0 Å². The van der Waals surface area contributed by atoms with Crippen LogP contribution in [-0.2, 0) is 16.0 Å². The van der Waals surface area contributed by atoms with Crippen LogP contribution in [0.1, 0.15) is 62.3 Å². The lowest BCUT2D eigenvalue weighted by Gasteiger charge is -2.36. The molecule has 0 aromatic heterocycles. The SMILES string of the molecule is CCCC[C@]1(CC)CS(=O)(=O)c2ccccc2[C@@H](c2ccc(C(F)(F)F)cc2)N1. The highest BCUT2D eigenvalue weighted by Crippen LogP contribution is 2.38. The summed E-state index contributed by atoms with van der Waals surface area (Å²) in [5.74, 6) is -0.0232. The van der Waals surface area contributed by atoms with E-state index in [9.17, 15) is 21.6 Å². The summed E-state index contributed by atoms with van der Waals surface area (Å²) >= 11 is 0. The predicted molar refractivity (Wildman–Crippen MR) is 107 cm³/mol. The van der Waals surface area contributed by atoms with Crippen LogP contribution in [0.4, 0.5) is 13.2 Å². The average Bonchev–Trinajstić information content (AvgIpc) is 2.79. The Balaban J connectivity index is 2.14. The molecule has 0 radical (unpaired) electrons. The Labute approximate surface area is 170 Å². The van der Waals surface area contributed by atoms with Gasteiger partial charge in [-0.2, -0.15) is 13.2 Å². The molecule has 0 spiro atoms. The molecule has 3 nitrogen and oxygen atoms in total. The van der Waals surface area contributed by atoms with Crippen molar-refractivity contribution < 1.29 is 21.6 Å². The fourth-order valence-corrected chi connectivity index (χ4v) is 6.18. The molecule has 29 heavy (non-hydrogen) atoms. The van der Waals surface area contributed by atoms with Gasteiger partial charge in [0.1, 0.15) is 0 Å². The van der Waals surface area contributed by atoms with E-state index in [0.29, 0.717) is 24.0 Å². The average molecular weight is 426 g/mol. The molecule has 7 heteroatoms. The van der Waals surface area contributed by atoms with Crippen LogP contribution in [-0.4, -0.2) is 19.7 Å². The van der Waals surface area contributed by atoms with Gasteiger partial charge in [0, 0.05) is 5.54 Å². The van der Waals surface area contributed by atoms with Gasteiger partial charge in [0.2, 0.25) is 0 Å². The number of benzene rings is 2. The van der Waals surface area contributed by atoms with Crippen molar-refractivity contribution in [2.45, 2.75) is 62.2 Å². The number of halogens is 3. The lowest BCUT2D eigenvalue weighted by molar-refractivity contribution is -0.137. The molecule has 1 N–H and O–H groups in total. The van der Waals surface area contributed by atoms with E-state index in [0.717, 1.165) is 25.0 Å². The first-order valence-corrected chi connectivity index (χ1v) is 11.5. The van der Waals surface area contributed by atoms with Gasteiger partial charge in [-0.25, -0.2) is 8.42 Å². The fraction of sp³-hybridized carbons (Fsp3) is 0.455. The summed E-state index contributed by atoms with van der Waals surface area (Å²) < 4.78 is 65.4. The van der Waals surface area contributed by atoms with Crippen molar-refractivity contribution in [3.8, 4) is 0 Å². The van der Waals surface area contributed by atoms with Crippen LogP contribution in [0.15, 0.2) is 53.4 Å². The van der Waals surface area contributed by atoms with Gasteiger partial charge < -0.3 is 0 Å². The molecule has 0 saturated heterocycles. The molecule has 1 aliphatic rings. The van der Waals surface area contributed by atoms with Crippen LogP contribution >= 0.6 is 0 Å². The van der Waals surface area contributed by atoms with Crippen molar-refractivity contribution in [3.63, 3.8) is 0 Å². The zero-order valence-electron chi connectivity index (χ0n) is 16.6. The van der Waals surface area contributed by atoms with E-state index in [1.54, 1.807) is 24.3 Å². The van der Waals surface area contributed by atoms with Crippen molar-refractivity contribution in [3.05, 3.63) is 65.2 Å². The van der Waals surface area contributed by atoms with Crippen LogP contribution < -0.4 is 5.32 Å². The molecule has 0 saturated carbocycles. The maximum Gasteiger partial charge on any atom is 0.416 e. The number of hydrogen-bond acceptors (Lipinski definition) is 3. The lowest BCUT2D eigenvalue weighted by atomic mass is 9.88. The molecule has 2 aromatic rings. The van der Waals surface area contributed by atoms with Crippen LogP contribution in [0.25, 0.3) is 0 Å². The summed E-state index contributed by atoms with van der Waals surface area (Å²) in [6.07, 6.45) is -1.32. The summed E-state index contributed by atoms with van der Waals surface area (Å²) in [7, 11) is -3.54. The van der Waals surface area contributed by atoms with Crippen LogP contribution in [0.3, 0.4) is 0 Å². The summed E-state index contributed by atoms with van der Waals surface area (Å²) in [6, 6.07) is 11.3. The molecule has 2 aromatic carbocycles. The Bertz CT molecular complexity index is 955. The van der Waals surface area contributed by atoms with Gasteiger partial charge >= 0.3 is 6.18 Å². The number of sulfone groups is 1. The third-order valence-corrected chi connectivity index (χ3v) is 7.71. The molecule has 0 aliphatic carbocycles. The molecule has 1 heterocycles. The minimum absolute atomic E-state index is 0.0232. The van der Waals surface area contributed by atoms with Gasteiger partial charge in [-0.15, -0.1) is 0 Å². The molecule has 0 unspecified atom stereocenters. The monoisotopic (exact) mass is 425 g/mol. The standard InChI is InChI=1S/C22H26F3NO2S/c1-3-5-14-21(4-2)15-29(27,28)19-9-7-6-8-18(19)20(26-21)16-10-12-17(13-11-16)22(23,24)25/h6-13,20,26H,3-5,14-15H2,1-2H3/t20-,21-/m1/s1. The Morgan fingerprint density at radius 3 is 2.31 bits per heavy atom. The number of alkyl halides is 3. The molecule has 1 aliphatic heterocycles. The van der Waals surface area contributed by atoms with E-state index in [2.05, 4.69) is 12.2 Å². The van der Waals surface area contributed by atoms with Crippen LogP contribution in [0.2, 0.25) is 0 Å². The number of nitrogens with one attached hydrogen (secondary N) is 1. The van der Waals surface area contributed by atoms with Gasteiger partial charge in [0.05, 0.1) is 22.3 Å². The molecule has 158 valence electrons. The Kier molecular flexibility index (Phi) is 6.11. The zero-order chi connectivity index (χ0) is 21.3. The number of hydrogen-bond donors (Lipinski definition) is 1. The van der Waals surface area contributed by atoms with E-state index < -0.39 is 33.2 Å². The molecule has 0 amide bonds. The molecule has 2 atom stereocenters. The van der Waals surface area contributed by atoms with Gasteiger partial charge in [0.15, 0.2) is 9.84 Å². The summed E-state index contributed by atoms with van der Waals surface area (Å²) in [4.78, 5) is 0.254. The van der Waals surface area contributed by atoms with Crippen LogP contribution in [0, 0.1) is 0 Å². The van der Waals surface area contributed by atoms with Gasteiger partial charge in [-0.1, -0.05) is 57.0 Å². The second-order valence-electron chi connectivity index (χ2n) is 7.73. The Morgan fingerprint density at radius 2 is 1.72 bits per heavy atom. The molecule has 0 fully saturated rings. The van der Waals surface area contributed by atoms with Crippen molar-refractivity contribution in [2.75, 3.05) is 5.75 Å². The number of rotatable bonds is 5. The largest absolute Gasteiger partial charge is 0.416 e. The zero-order valence-corrected chi connectivity index (χ0v) is 17.4. The molecule has 3 rings (SSSR count). The topological polar surface area (TPSA) is 46.2 Å². The Morgan fingerprint density at radius 1 is 1.07 bits per heavy atom. The Hall–Kier alpha value is -1.86. The lowest BCUT2D eigenvalue weighted by Crippen LogP contribution is -2.50. The van der Waals surface area contributed by atoms with Gasteiger partial charge in [-0.05, 0) is 42.2 Å². The van der Waals surface area contributed by atoms with Crippen molar-refractivity contribution in [1.82, 2.24) is 5.32 Å². The maximum atomic E-state index is 13.2. The third kappa shape index (κ3) is 4.51. The van der Waals surface area contributed by atoms with E-state index >= 15 is 0 Å². The third-order valence-electron chi connectivity index (χ3n) is 5.74. The maximum absolute atomic E-state index is 13.2. The molecule has 0 bridgehead atoms. The van der Waals surface area contributed by atoms with Crippen LogP contribution in [0.5, 0.6) is 0 Å². The minimum Gasteiger partial charge on any atom is -0.300 e. The predicted octanol–water partition coefficient (Wildman–Crippen LogP) is 5.51. The first-order chi connectivity index (χ1) is 13.6. The van der Waals surface area contributed by atoms with Crippen molar-refractivity contribution in [1.29, 1.82) is 0 Å². The van der Waals surface area contributed by atoms with E-state index in [4.69, 9.17) is 0 Å². The summed E-state index contributed by atoms with van der Waals surface area (Å²) in [5.41, 5.74) is -0.152. The number of fused-ring (bicyclic) bond motifs is 1. The second kappa shape index (κ2) is 8.11. The van der Waals surface area contributed by atoms with E-state index in [1.807, 2.05) is 6.92 Å². The van der Waals surface area contributed by atoms with Crippen molar-refractivity contribution >= 4 is 9.84 Å². The van der Waals surface area contributed by atoms with E-state index in [1.165, 1.54) is 12.1 Å². The first kappa shape index (κ1) is 21.8. The first-order valence-electron chi connectivity index (χ1n) is 9.88. The van der Waals surface area contributed by atoms with E-state index in [-0.39, 0.29) is 10.6 Å². The summed E-state index contributed by atoms with van der Waals surface area (Å²) in [5, 5.41) is 3.54. The molecular weight excluding hydrogens is 399 g/mol. The highest BCUT2D eigenvalue weighted by atomic mass is 32.2. The number of unbranched alkanes of at least 4 members (excludes halogenated alkanes) is 1. The smallest absolute Gasteiger partial charge is 0.300 e. The second-order valence-corrected chi connectivity index (χ2v) is 9.69. The fourth-order valence-electron chi connectivity index (χ4n) is 4.04. The highest BCUT2D eigenvalue weighted by Gasteiger charge is 2.41. The normalized spacial score (nSPS) is 24.0. The minimum atomic E-state index is -4.41. The quantitative estimate of drug-likeness (QED) is 0.687. The molecular formula is C22H26F3NO2S. The van der Waals surface area contributed by atoms with Gasteiger partial charge in [0.25, 0.3) is 0 Å². The highest BCUT2D eigenvalue weighted by molar-refractivity contribution is 7.91. The summed E-state index contributed by atoms with van der Waals surface area (Å²) in [6.45, 7) is 4.01. The van der Waals surface area contributed by atoms with Gasteiger partial charge in [-0.3, -0.25) is 5.32 Å².